The molecule has 2 saturated carbocycles. The number of hydrogen-bond acceptors (Lipinski definition) is 2. The Bertz CT molecular complexity index is 352. The lowest BCUT2D eigenvalue weighted by molar-refractivity contribution is 0.305. The second-order valence-corrected chi connectivity index (χ2v) is 5.68. The molecule has 0 aromatic carbocycles. The molecule has 0 amide bonds. The van der Waals surface area contributed by atoms with Crippen LogP contribution in [-0.2, 0) is 0 Å². The predicted molar refractivity (Wildman–Crippen MR) is 62.5 cm³/mol. The molecular formula is C12H16BrNO. The smallest absolute Gasteiger partial charge is 0.169 e. The van der Waals surface area contributed by atoms with Gasteiger partial charge in [-0.05, 0) is 72.1 Å². The van der Waals surface area contributed by atoms with Crippen LogP contribution in [0.1, 0.15) is 31.1 Å². The highest BCUT2D eigenvalue weighted by Crippen LogP contribution is 2.57. The van der Waals surface area contributed by atoms with Gasteiger partial charge in [-0.2, -0.15) is 0 Å². The molecular weight excluding hydrogens is 254 g/mol. The van der Waals surface area contributed by atoms with Crippen LogP contribution in [-0.4, -0.2) is 7.05 Å². The van der Waals surface area contributed by atoms with Gasteiger partial charge >= 0.3 is 0 Å². The first-order valence-corrected chi connectivity index (χ1v) is 6.49. The number of halogens is 1. The molecule has 82 valence electrons. The van der Waals surface area contributed by atoms with Crippen LogP contribution in [0.2, 0.25) is 0 Å². The van der Waals surface area contributed by atoms with Crippen molar-refractivity contribution in [2.24, 2.45) is 17.8 Å². The largest absolute Gasteiger partial charge is 0.453 e. The molecule has 3 atom stereocenters. The predicted octanol–water partition coefficient (Wildman–Crippen LogP) is 3.35. The average molecular weight is 270 g/mol. The monoisotopic (exact) mass is 269 g/mol. The standard InChI is InChI=1S/C12H16BrNO/c1-14-12(10-2-3-11(13)15-10)9-5-7-4-8(7)6-9/h2-3,7-9,12,14H,4-6H2,1H3. The number of fused-ring (bicyclic) bond motifs is 1. The molecule has 2 aliphatic carbocycles. The van der Waals surface area contributed by atoms with Crippen LogP contribution in [0.4, 0.5) is 0 Å². The van der Waals surface area contributed by atoms with Crippen LogP contribution in [0, 0.1) is 17.8 Å². The summed E-state index contributed by atoms with van der Waals surface area (Å²) in [5.41, 5.74) is 0. The Balaban J connectivity index is 1.76. The van der Waals surface area contributed by atoms with E-state index in [1.54, 1.807) is 0 Å². The van der Waals surface area contributed by atoms with Crippen LogP contribution in [0.25, 0.3) is 0 Å². The van der Waals surface area contributed by atoms with Crippen LogP contribution in [0.5, 0.6) is 0 Å². The van der Waals surface area contributed by atoms with Crippen molar-refractivity contribution in [1.29, 1.82) is 0 Å². The van der Waals surface area contributed by atoms with Crippen LogP contribution < -0.4 is 5.32 Å². The minimum absolute atomic E-state index is 0.407. The summed E-state index contributed by atoms with van der Waals surface area (Å²) in [5, 5.41) is 3.40. The Labute approximate surface area is 98.6 Å². The fourth-order valence-corrected chi connectivity index (χ4v) is 3.46. The summed E-state index contributed by atoms with van der Waals surface area (Å²) in [5.74, 6) is 3.92. The van der Waals surface area contributed by atoms with Gasteiger partial charge in [0.25, 0.3) is 0 Å². The second-order valence-electron chi connectivity index (χ2n) is 4.90. The fourth-order valence-electron chi connectivity index (χ4n) is 3.14. The van der Waals surface area contributed by atoms with Crippen molar-refractivity contribution in [3.63, 3.8) is 0 Å². The third-order valence-electron chi connectivity index (χ3n) is 3.96. The first kappa shape index (κ1) is 9.91. The summed E-state index contributed by atoms with van der Waals surface area (Å²) < 4.78 is 6.49. The molecule has 3 unspecified atom stereocenters. The first-order chi connectivity index (χ1) is 7.28. The van der Waals surface area contributed by atoms with E-state index in [2.05, 4.69) is 27.3 Å². The number of hydrogen-bond donors (Lipinski definition) is 1. The quantitative estimate of drug-likeness (QED) is 0.911. The Morgan fingerprint density at radius 3 is 2.60 bits per heavy atom. The van der Waals surface area contributed by atoms with Crippen molar-refractivity contribution in [3.05, 3.63) is 22.6 Å². The molecule has 15 heavy (non-hydrogen) atoms. The van der Waals surface area contributed by atoms with Crippen molar-refractivity contribution in [3.8, 4) is 0 Å². The van der Waals surface area contributed by atoms with E-state index in [1.807, 2.05) is 13.1 Å². The first-order valence-electron chi connectivity index (χ1n) is 5.70. The lowest BCUT2D eigenvalue weighted by atomic mass is 9.93. The van der Waals surface area contributed by atoms with E-state index < -0.39 is 0 Å². The van der Waals surface area contributed by atoms with Crippen molar-refractivity contribution in [2.45, 2.75) is 25.3 Å². The van der Waals surface area contributed by atoms with Gasteiger partial charge in [-0.3, -0.25) is 0 Å². The van der Waals surface area contributed by atoms with E-state index in [0.717, 1.165) is 28.2 Å². The Morgan fingerprint density at radius 2 is 2.07 bits per heavy atom. The van der Waals surface area contributed by atoms with Crippen molar-refractivity contribution < 1.29 is 4.42 Å². The summed E-state index contributed by atoms with van der Waals surface area (Å²) >= 11 is 3.36. The zero-order valence-electron chi connectivity index (χ0n) is 8.87. The number of rotatable bonds is 3. The molecule has 1 N–H and O–H groups in total. The van der Waals surface area contributed by atoms with Crippen molar-refractivity contribution >= 4 is 15.9 Å². The molecule has 0 spiro atoms. The SMILES string of the molecule is CNC(c1ccc(Br)o1)C1CC2CC2C1. The third-order valence-corrected chi connectivity index (χ3v) is 4.39. The maximum absolute atomic E-state index is 5.65. The molecule has 0 saturated heterocycles. The molecule has 2 aliphatic rings. The summed E-state index contributed by atoms with van der Waals surface area (Å²) in [6.45, 7) is 0. The van der Waals surface area contributed by atoms with Gasteiger partial charge < -0.3 is 9.73 Å². The highest BCUT2D eigenvalue weighted by Gasteiger charge is 2.48. The maximum atomic E-state index is 5.65. The minimum Gasteiger partial charge on any atom is -0.453 e. The van der Waals surface area contributed by atoms with Crippen LogP contribution >= 0.6 is 15.9 Å². The minimum atomic E-state index is 0.407. The van der Waals surface area contributed by atoms with E-state index in [4.69, 9.17) is 4.42 Å². The topological polar surface area (TPSA) is 25.2 Å². The van der Waals surface area contributed by atoms with Gasteiger partial charge in [0.05, 0.1) is 6.04 Å². The zero-order chi connectivity index (χ0) is 10.4. The summed E-state index contributed by atoms with van der Waals surface area (Å²) in [6, 6.07) is 4.47. The molecule has 0 aliphatic heterocycles. The molecule has 1 aromatic heterocycles. The van der Waals surface area contributed by atoms with Crippen LogP contribution in [0.15, 0.2) is 21.2 Å². The Hall–Kier alpha value is -0.280. The van der Waals surface area contributed by atoms with E-state index in [-0.39, 0.29) is 0 Å². The van der Waals surface area contributed by atoms with E-state index in [1.165, 1.54) is 19.3 Å². The highest BCUT2D eigenvalue weighted by atomic mass is 79.9. The van der Waals surface area contributed by atoms with E-state index in [0.29, 0.717) is 6.04 Å². The molecule has 1 aromatic rings. The van der Waals surface area contributed by atoms with Gasteiger partial charge in [0, 0.05) is 0 Å². The number of furan rings is 1. The molecule has 0 radical (unpaired) electrons. The normalized spacial score (nSPS) is 35.2. The summed E-state index contributed by atoms with van der Waals surface area (Å²) in [7, 11) is 2.03. The van der Waals surface area contributed by atoms with Crippen molar-refractivity contribution in [2.75, 3.05) is 7.05 Å². The summed E-state index contributed by atoms with van der Waals surface area (Å²) in [4.78, 5) is 0. The highest BCUT2D eigenvalue weighted by molar-refractivity contribution is 9.10. The van der Waals surface area contributed by atoms with Gasteiger partial charge in [-0.25, -0.2) is 0 Å². The van der Waals surface area contributed by atoms with Gasteiger partial charge in [0.2, 0.25) is 0 Å². The van der Waals surface area contributed by atoms with Gasteiger partial charge in [-0.15, -0.1) is 0 Å². The Kier molecular flexibility index (Phi) is 2.40. The number of nitrogens with one attached hydrogen (secondary N) is 1. The average Bonchev–Trinajstić information content (AvgIpc) is 2.63. The molecule has 3 rings (SSSR count). The van der Waals surface area contributed by atoms with Crippen molar-refractivity contribution in [1.82, 2.24) is 5.32 Å². The van der Waals surface area contributed by atoms with Gasteiger partial charge in [0.1, 0.15) is 5.76 Å². The van der Waals surface area contributed by atoms with Gasteiger partial charge in [0.15, 0.2) is 4.67 Å². The fraction of sp³-hybridized carbons (Fsp3) is 0.667. The lowest BCUT2D eigenvalue weighted by Crippen LogP contribution is -2.24. The second kappa shape index (κ2) is 3.63. The lowest BCUT2D eigenvalue weighted by Gasteiger charge is -2.22. The Morgan fingerprint density at radius 1 is 1.33 bits per heavy atom. The molecule has 3 heteroatoms. The molecule has 2 nitrogen and oxygen atoms in total. The van der Waals surface area contributed by atoms with Gasteiger partial charge in [-0.1, -0.05) is 0 Å². The van der Waals surface area contributed by atoms with E-state index in [9.17, 15) is 0 Å². The van der Waals surface area contributed by atoms with Crippen LogP contribution in [0.3, 0.4) is 0 Å². The van der Waals surface area contributed by atoms with E-state index >= 15 is 0 Å². The molecule has 2 fully saturated rings. The third kappa shape index (κ3) is 1.76. The molecule has 1 heterocycles. The summed E-state index contributed by atoms with van der Waals surface area (Å²) in [6.07, 6.45) is 4.25. The zero-order valence-corrected chi connectivity index (χ0v) is 10.5. The molecule has 0 bridgehead atoms. The maximum Gasteiger partial charge on any atom is 0.169 e.